The molecular formula is C20H21ClFN4S+. The van der Waals surface area contributed by atoms with Crippen LogP contribution < -0.4 is 4.90 Å². The van der Waals surface area contributed by atoms with Gasteiger partial charge in [-0.15, -0.1) is 11.7 Å². The minimum atomic E-state index is -0.299. The van der Waals surface area contributed by atoms with Gasteiger partial charge in [0.1, 0.15) is 12.4 Å². The monoisotopic (exact) mass is 403 g/mol. The van der Waals surface area contributed by atoms with Gasteiger partial charge in [-0.1, -0.05) is 54.1 Å². The van der Waals surface area contributed by atoms with E-state index in [1.165, 1.54) is 6.07 Å². The lowest BCUT2D eigenvalue weighted by molar-refractivity contribution is -0.917. The second-order valence-electron chi connectivity index (χ2n) is 6.36. The van der Waals surface area contributed by atoms with Crippen molar-refractivity contribution in [2.45, 2.75) is 19.8 Å². The molecule has 1 aromatic heterocycles. The molecule has 1 heterocycles. The Morgan fingerprint density at radius 2 is 1.96 bits per heavy atom. The van der Waals surface area contributed by atoms with E-state index in [0.717, 1.165) is 16.3 Å². The molecule has 1 unspecified atom stereocenters. The predicted molar refractivity (Wildman–Crippen MR) is 109 cm³/mol. The zero-order valence-corrected chi connectivity index (χ0v) is 16.6. The van der Waals surface area contributed by atoms with E-state index in [1.807, 2.05) is 41.9 Å². The fourth-order valence-corrected chi connectivity index (χ4v) is 3.45. The zero-order valence-electron chi connectivity index (χ0n) is 15.0. The van der Waals surface area contributed by atoms with Crippen LogP contribution in [0.5, 0.6) is 0 Å². The van der Waals surface area contributed by atoms with Gasteiger partial charge in [-0.05, 0) is 24.4 Å². The molecular weight excluding hydrogens is 383 g/mol. The number of allylic oxidation sites excluding steroid dienone is 1. The molecule has 0 spiro atoms. The third-order valence-corrected chi connectivity index (χ3v) is 5.01. The lowest BCUT2D eigenvalue weighted by atomic mass is 10.2. The van der Waals surface area contributed by atoms with Crippen molar-refractivity contribution in [3.8, 4) is 11.4 Å². The molecule has 0 radical (unpaired) electrons. The summed E-state index contributed by atoms with van der Waals surface area (Å²) in [5.41, 5.74) is 1.48. The van der Waals surface area contributed by atoms with Gasteiger partial charge in [0.2, 0.25) is 4.77 Å². The van der Waals surface area contributed by atoms with Crippen LogP contribution in [0.1, 0.15) is 5.56 Å². The van der Waals surface area contributed by atoms with Gasteiger partial charge in [-0.25, -0.2) is 4.39 Å². The Hall–Kier alpha value is -2.28. The van der Waals surface area contributed by atoms with Gasteiger partial charge in [-0.2, -0.15) is 4.68 Å². The number of rotatable bonds is 7. The Balaban J connectivity index is 1.89. The van der Waals surface area contributed by atoms with Crippen molar-refractivity contribution < 1.29 is 9.29 Å². The number of nitrogens with one attached hydrogen (secondary N) is 1. The maximum absolute atomic E-state index is 14.1. The first-order valence-corrected chi connectivity index (χ1v) is 9.38. The average molecular weight is 404 g/mol. The Labute approximate surface area is 168 Å². The SMILES string of the molecule is C=CCn1c(-c2ccccc2)nn(C[NH+](C)Cc2c(F)cccc2Cl)c1=S. The van der Waals surface area contributed by atoms with Gasteiger partial charge in [0.15, 0.2) is 12.5 Å². The molecule has 0 amide bonds. The molecule has 27 heavy (non-hydrogen) atoms. The molecule has 0 saturated carbocycles. The molecule has 0 saturated heterocycles. The van der Waals surface area contributed by atoms with Crippen molar-refractivity contribution in [3.05, 3.63) is 82.4 Å². The molecule has 0 fully saturated rings. The summed E-state index contributed by atoms with van der Waals surface area (Å²) in [6.07, 6.45) is 1.80. The van der Waals surface area contributed by atoms with Crippen molar-refractivity contribution >= 4 is 23.8 Å². The summed E-state index contributed by atoms with van der Waals surface area (Å²) in [6, 6.07) is 14.6. The maximum atomic E-state index is 14.1. The molecule has 1 atom stereocenters. The molecule has 3 aromatic rings. The quantitative estimate of drug-likeness (QED) is 0.480. The highest BCUT2D eigenvalue weighted by molar-refractivity contribution is 7.71. The van der Waals surface area contributed by atoms with Crippen LogP contribution in [0.25, 0.3) is 11.4 Å². The molecule has 3 rings (SSSR count). The molecule has 7 heteroatoms. The number of hydrogen-bond donors (Lipinski definition) is 1. The van der Waals surface area contributed by atoms with Gasteiger partial charge < -0.3 is 4.90 Å². The Kier molecular flexibility index (Phi) is 6.21. The van der Waals surface area contributed by atoms with E-state index < -0.39 is 0 Å². The number of benzene rings is 2. The second kappa shape index (κ2) is 8.61. The zero-order chi connectivity index (χ0) is 19.4. The first kappa shape index (κ1) is 19.5. The minimum absolute atomic E-state index is 0.299. The minimum Gasteiger partial charge on any atom is -0.315 e. The lowest BCUT2D eigenvalue weighted by Gasteiger charge is -2.15. The van der Waals surface area contributed by atoms with Crippen molar-refractivity contribution in [2.75, 3.05) is 7.05 Å². The highest BCUT2D eigenvalue weighted by Crippen LogP contribution is 2.19. The normalized spacial score (nSPS) is 12.1. The summed E-state index contributed by atoms with van der Waals surface area (Å²) in [4.78, 5) is 1.01. The summed E-state index contributed by atoms with van der Waals surface area (Å²) >= 11 is 11.8. The molecule has 1 N–H and O–H groups in total. The first-order chi connectivity index (χ1) is 13.0. The van der Waals surface area contributed by atoms with Crippen LogP contribution in [0, 0.1) is 10.6 Å². The number of halogens is 2. The fraction of sp³-hybridized carbons (Fsp3) is 0.200. The highest BCUT2D eigenvalue weighted by atomic mass is 35.5. The average Bonchev–Trinajstić information content (AvgIpc) is 2.96. The van der Waals surface area contributed by atoms with E-state index in [9.17, 15) is 4.39 Å². The van der Waals surface area contributed by atoms with E-state index >= 15 is 0 Å². The summed E-state index contributed by atoms with van der Waals surface area (Å²) in [7, 11) is 1.96. The Bertz CT molecular complexity index is 977. The van der Waals surface area contributed by atoms with Gasteiger partial charge in [-0.3, -0.25) is 4.57 Å². The second-order valence-corrected chi connectivity index (χ2v) is 7.14. The third kappa shape index (κ3) is 4.35. The topological polar surface area (TPSA) is 27.2 Å². The smallest absolute Gasteiger partial charge is 0.203 e. The Morgan fingerprint density at radius 1 is 1.22 bits per heavy atom. The molecule has 0 aliphatic rings. The van der Waals surface area contributed by atoms with Crippen molar-refractivity contribution in [1.29, 1.82) is 0 Å². The molecule has 0 bridgehead atoms. The van der Waals surface area contributed by atoms with Crippen LogP contribution in [0.15, 0.2) is 61.2 Å². The summed E-state index contributed by atoms with van der Waals surface area (Å²) < 4.78 is 18.4. The summed E-state index contributed by atoms with van der Waals surface area (Å²) in [6.45, 7) is 5.31. The largest absolute Gasteiger partial charge is 0.315 e. The molecule has 140 valence electrons. The van der Waals surface area contributed by atoms with Gasteiger partial charge in [0.25, 0.3) is 0 Å². The fourth-order valence-electron chi connectivity index (χ4n) is 2.95. The maximum Gasteiger partial charge on any atom is 0.203 e. The summed E-state index contributed by atoms with van der Waals surface area (Å²) in [5, 5.41) is 5.14. The van der Waals surface area contributed by atoms with Crippen molar-refractivity contribution in [3.63, 3.8) is 0 Å². The lowest BCUT2D eigenvalue weighted by Crippen LogP contribution is -3.07. The van der Waals surface area contributed by atoms with Crippen LogP contribution in [0.2, 0.25) is 5.02 Å². The first-order valence-electron chi connectivity index (χ1n) is 8.59. The van der Waals surface area contributed by atoms with Crippen molar-refractivity contribution in [2.24, 2.45) is 0 Å². The third-order valence-electron chi connectivity index (χ3n) is 4.23. The molecule has 2 aromatic carbocycles. The van der Waals surface area contributed by atoms with Crippen LogP contribution in [0.4, 0.5) is 4.39 Å². The molecule has 0 aliphatic carbocycles. The number of hydrogen-bond acceptors (Lipinski definition) is 2. The van der Waals surface area contributed by atoms with E-state index in [0.29, 0.717) is 35.1 Å². The predicted octanol–water partition coefficient (Wildman–Crippen LogP) is 3.73. The van der Waals surface area contributed by atoms with E-state index in [-0.39, 0.29) is 5.82 Å². The standard InChI is InChI=1S/C20H20ClFN4S/c1-3-12-25-19(15-8-5-4-6-9-15)23-26(20(25)27)14-24(2)13-16-17(21)10-7-11-18(16)22/h3-11H,1,12-14H2,2H3/p+1. The number of nitrogens with zero attached hydrogens (tertiary/aromatic N) is 3. The van der Waals surface area contributed by atoms with Crippen LogP contribution in [-0.4, -0.2) is 21.4 Å². The van der Waals surface area contributed by atoms with Crippen LogP contribution >= 0.6 is 23.8 Å². The molecule has 4 nitrogen and oxygen atoms in total. The van der Waals surface area contributed by atoms with E-state index in [1.54, 1.807) is 22.9 Å². The number of aromatic nitrogens is 3. The Morgan fingerprint density at radius 3 is 2.63 bits per heavy atom. The van der Waals surface area contributed by atoms with Crippen molar-refractivity contribution in [1.82, 2.24) is 14.3 Å². The van der Waals surface area contributed by atoms with Gasteiger partial charge >= 0.3 is 0 Å². The van der Waals surface area contributed by atoms with Gasteiger partial charge in [0, 0.05) is 12.1 Å². The van der Waals surface area contributed by atoms with Crippen LogP contribution in [-0.2, 0) is 19.8 Å². The summed E-state index contributed by atoms with van der Waals surface area (Å²) in [5.74, 6) is 0.491. The van der Waals surface area contributed by atoms with Crippen LogP contribution in [0.3, 0.4) is 0 Å². The highest BCUT2D eigenvalue weighted by Gasteiger charge is 2.17. The molecule has 0 aliphatic heterocycles. The number of quaternary nitrogens is 1. The van der Waals surface area contributed by atoms with Gasteiger partial charge in [0.05, 0.1) is 17.6 Å². The van der Waals surface area contributed by atoms with E-state index in [4.69, 9.17) is 28.9 Å². The van der Waals surface area contributed by atoms with E-state index in [2.05, 4.69) is 6.58 Å².